The zero-order valence-corrected chi connectivity index (χ0v) is 12.4. The molecule has 2 aromatic rings. The van der Waals surface area contributed by atoms with Crippen molar-refractivity contribution in [2.45, 2.75) is 0 Å². The number of ether oxygens (including phenoxy) is 1. The van der Waals surface area contributed by atoms with E-state index in [2.05, 4.69) is 31.9 Å². The highest BCUT2D eigenvalue weighted by molar-refractivity contribution is 9.11. The third kappa shape index (κ3) is 3.30. The first kappa shape index (κ1) is 14.0. The summed E-state index contributed by atoms with van der Waals surface area (Å²) in [5.74, 6) is 0.211. The van der Waals surface area contributed by atoms with E-state index in [0.717, 1.165) is 0 Å². The number of halogens is 3. The van der Waals surface area contributed by atoms with Crippen LogP contribution in [-0.2, 0) is 0 Å². The third-order valence-corrected chi connectivity index (χ3v) is 3.51. The first-order chi connectivity index (χ1) is 8.97. The number of hydrogen-bond acceptors (Lipinski definition) is 3. The van der Waals surface area contributed by atoms with E-state index in [9.17, 15) is 14.5 Å². The van der Waals surface area contributed by atoms with Crippen molar-refractivity contribution in [2.75, 3.05) is 0 Å². The Labute approximate surface area is 124 Å². The Hall–Kier alpha value is -1.47. The van der Waals surface area contributed by atoms with Gasteiger partial charge in [-0.3, -0.25) is 10.1 Å². The average molecular weight is 391 g/mol. The molecule has 0 aliphatic rings. The summed E-state index contributed by atoms with van der Waals surface area (Å²) in [5, 5.41) is 10.6. The second-order valence-electron chi connectivity index (χ2n) is 3.55. The van der Waals surface area contributed by atoms with Gasteiger partial charge < -0.3 is 4.74 Å². The van der Waals surface area contributed by atoms with Crippen molar-refractivity contribution < 1.29 is 14.1 Å². The van der Waals surface area contributed by atoms with Gasteiger partial charge >= 0.3 is 0 Å². The van der Waals surface area contributed by atoms with Crippen LogP contribution in [0, 0.1) is 15.9 Å². The Morgan fingerprint density at radius 2 is 1.79 bits per heavy atom. The fourth-order valence-corrected chi connectivity index (χ4v) is 2.14. The molecule has 0 aliphatic carbocycles. The minimum atomic E-state index is -0.507. The molecule has 0 atom stereocenters. The molecule has 19 heavy (non-hydrogen) atoms. The van der Waals surface area contributed by atoms with Crippen molar-refractivity contribution in [2.24, 2.45) is 0 Å². The highest BCUT2D eigenvalue weighted by Crippen LogP contribution is 2.35. The van der Waals surface area contributed by atoms with E-state index < -0.39 is 10.7 Å². The molecule has 0 radical (unpaired) electrons. The molecule has 0 aliphatic heterocycles. The van der Waals surface area contributed by atoms with E-state index in [1.165, 1.54) is 36.4 Å². The Kier molecular flexibility index (Phi) is 4.16. The molecule has 2 rings (SSSR count). The van der Waals surface area contributed by atoms with Gasteiger partial charge in [-0.15, -0.1) is 0 Å². The Morgan fingerprint density at radius 1 is 1.05 bits per heavy atom. The summed E-state index contributed by atoms with van der Waals surface area (Å²) in [6, 6.07) is 8.11. The van der Waals surface area contributed by atoms with E-state index in [1.807, 2.05) is 0 Å². The molecule has 4 nitrogen and oxygen atoms in total. The average Bonchev–Trinajstić information content (AvgIpc) is 2.36. The van der Waals surface area contributed by atoms with Crippen LogP contribution >= 0.6 is 31.9 Å². The minimum absolute atomic E-state index is 0.0578. The van der Waals surface area contributed by atoms with Gasteiger partial charge in [0.2, 0.25) is 0 Å². The lowest BCUT2D eigenvalue weighted by Gasteiger charge is -2.09. The van der Waals surface area contributed by atoms with E-state index in [4.69, 9.17) is 4.74 Å². The molecule has 0 fully saturated rings. The molecule has 0 amide bonds. The van der Waals surface area contributed by atoms with Crippen LogP contribution in [-0.4, -0.2) is 4.92 Å². The largest absolute Gasteiger partial charge is 0.455 e. The van der Waals surface area contributed by atoms with Gasteiger partial charge in [-0.1, -0.05) is 0 Å². The van der Waals surface area contributed by atoms with Gasteiger partial charge in [-0.05, 0) is 50.1 Å². The normalized spacial score (nSPS) is 10.3. The molecule has 2 aromatic carbocycles. The Bertz CT molecular complexity index is 649. The van der Waals surface area contributed by atoms with Crippen molar-refractivity contribution in [1.82, 2.24) is 0 Å². The van der Waals surface area contributed by atoms with Crippen LogP contribution in [0.5, 0.6) is 11.5 Å². The Balaban J connectivity index is 2.33. The van der Waals surface area contributed by atoms with E-state index >= 15 is 0 Å². The number of nitro groups is 1. The number of hydrogen-bond donors (Lipinski definition) is 0. The molecule has 0 heterocycles. The summed E-state index contributed by atoms with van der Waals surface area (Å²) in [5.41, 5.74) is -0.0578. The molecular formula is C12H6Br2FNO3. The van der Waals surface area contributed by atoms with Gasteiger partial charge in [-0.25, -0.2) is 4.39 Å². The maximum Gasteiger partial charge on any atom is 0.270 e. The molecule has 98 valence electrons. The predicted octanol–water partition coefficient (Wildman–Crippen LogP) is 5.05. The van der Waals surface area contributed by atoms with Gasteiger partial charge in [0.05, 0.1) is 13.9 Å². The van der Waals surface area contributed by atoms with E-state index in [1.54, 1.807) is 0 Å². The zero-order valence-electron chi connectivity index (χ0n) is 9.27. The van der Waals surface area contributed by atoms with Gasteiger partial charge in [0, 0.05) is 18.2 Å². The highest BCUT2D eigenvalue weighted by atomic mass is 79.9. The van der Waals surface area contributed by atoms with Crippen molar-refractivity contribution in [3.8, 4) is 11.5 Å². The van der Waals surface area contributed by atoms with Gasteiger partial charge in [0.25, 0.3) is 5.69 Å². The Morgan fingerprint density at radius 3 is 2.42 bits per heavy atom. The van der Waals surface area contributed by atoms with Crippen LogP contribution < -0.4 is 4.74 Å². The summed E-state index contributed by atoms with van der Waals surface area (Å²) < 4.78 is 19.6. The van der Waals surface area contributed by atoms with Crippen LogP contribution in [0.15, 0.2) is 45.3 Å². The number of nitro benzene ring substituents is 1. The standard InChI is InChI=1S/C12H6Br2FNO3/c13-9-3-1-7(15)5-12(9)19-11-4-2-8(16(17)18)6-10(11)14/h1-6H. The lowest BCUT2D eigenvalue weighted by Crippen LogP contribution is -1.91. The van der Waals surface area contributed by atoms with Crippen LogP contribution in [0.1, 0.15) is 0 Å². The van der Waals surface area contributed by atoms with Crippen LogP contribution in [0.2, 0.25) is 0 Å². The molecule has 0 saturated heterocycles. The third-order valence-electron chi connectivity index (χ3n) is 2.24. The maximum absolute atomic E-state index is 13.1. The van der Waals surface area contributed by atoms with Gasteiger partial charge in [0.1, 0.15) is 17.3 Å². The van der Waals surface area contributed by atoms with Crippen LogP contribution in [0.3, 0.4) is 0 Å². The highest BCUT2D eigenvalue weighted by Gasteiger charge is 2.12. The second-order valence-corrected chi connectivity index (χ2v) is 5.26. The summed E-state index contributed by atoms with van der Waals surface area (Å²) in [6.45, 7) is 0. The first-order valence-corrected chi connectivity index (χ1v) is 6.63. The lowest BCUT2D eigenvalue weighted by molar-refractivity contribution is -0.384. The maximum atomic E-state index is 13.1. The number of rotatable bonds is 3. The summed E-state index contributed by atoms with van der Waals surface area (Å²) >= 11 is 6.41. The summed E-state index contributed by atoms with van der Waals surface area (Å²) in [7, 11) is 0. The zero-order chi connectivity index (χ0) is 14.0. The van der Waals surface area contributed by atoms with Crippen molar-refractivity contribution in [3.05, 3.63) is 61.3 Å². The van der Waals surface area contributed by atoms with E-state index in [-0.39, 0.29) is 11.4 Å². The molecule has 7 heteroatoms. The lowest BCUT2D eigenvalue weighted by atomic mass is 10.3. The fraction of sp³-hybridized carbons (Fsp3) is 0. The second kappa shape index (κ2) is 5.66. The summed E-state index contributed by atoms with van der Waals surface area (Å²) in [4.78, 5) is 10.1. The van der Waals surface area contributed by atoms with Crippen molar-refractivity contribution >= 4 is 37.5 Å². The quantitative estimate of drug-likeness (QED) is 0.544. The number of non-ortho nitro benzene ring substituents is 1. The van der Waals surface area contributed by atoms with Gasteiger partial charge in [0.15, 0.2) is 0 Å². The number of benzene rings is 2. The summed E-state index contributed by atoms with van der Waals surface area (Å²) in [6.07, 6.45) is 0. The topological polar surface area (TPSA) is 52.4 Å². The monoisotopic (exact) mass is 389 g/mol. The predicted molar refractivity (Wildman–Crippen MR) is 75.0 cm³/mol. The minimum Gasteiger partial charge on any atom is -0.455 e. The van der Waals surface area contributed by atoms with Crippen LogP contribution in [0.4, 0.5) is 10.1 Å². The smallest absolute Gasteiger partial charge is 0.270 e. The SMILES string of the molecule is O=[N+]([O-])c1ccc(Oc2cc(F)ccc2Br)c(Br)c1. The van der Waals surface area contributed by atoms with Gasteiger partial charge in [-0.2, -0.15) is 0 Å². The van der Waals surface area contributed by atoms with Crippen molar-refractivity contribution in [3.63, 3.8) is 0 Å². The molecular weight excluding hydrogens is 385 g/mol. The van der Waals surface area contributed by atoms with E-state index in [0.29, 0.717) is 14.7 Å². The fourth-order valence-electron chi connectivity index (χ4n) is 1.36. The van der Waals surface area contributed by atoms with Crippen LogP contribution in [0.25, 0.3) is 0 Å². The molecule has 0 N–H and O–H groups in total. The molecule has 0 spiro atoms. The molecule has 0 bridgehead atoms. The van der Waals surface area contributed by atoms with Crippen molar-refractivity contribution in [1.29, 1.82) is 0 Å². The molecule has 0 aromatic heterocycles. The first-order valence-electron chi connectivity index (χ1n) is 5.04. The molecule has 0 unspecified atom stereocenters. The number of nitrogens with zero attached hydrogens (tertiary/aromatic N) is 1. The molecule has 0 saturated carbocycles.